The minimum absolute atomic E-state index is 1.29. The van der Waals surface area contributed by atoms with Gasteiger partial charge in [0.1, 0.15) is 0 Å². The molecule has 0 N–H and O–H groups in total. The summed E-state index contributed by atoms with van der Waals surface area (Å²) in [5.41, 5.74) is 5.22. The minimum atomic E-state index is 1.29. The van der Waals surface area contributed by atoms with Gasteiger partial charge in [0.25, 0.3) is 0 Å². The highest BCUT2D eigenvalue weighted by Crippen LogP contribution is 2.44. The van der Waals surface area contributed by atoms with Crippen molar-refractivity contribution in [2.24, 2.45) is 0 Å². The lowest BCUT2D eigenvalue weighted by atomic mass is 9.98. The zero-order chi connectivity index (χ0) is 25.5. The summed E-state index contributed by atoms with van der Waals surface area (Å²) < 4.78 is 8.12. The number of hydrogen-bond donors (Lipinski definition) is 0. The van der Waals surface area contributed by atoms with Crippen LogP contribution in [0.5, 0.6) is 0 Å². The Morgan fingerprint density at radius 2 is 0.744 bits per heavy atom. The van der Waals surface area contributed by atoms with E-state index in [1.165, 1.54) is 82.8 Å². The van der Waals surface area contributed by atoms with Crippen LogP contribution in [0.25, 0.3) is 82.8 Å². The first kappa shape index (κ1) is 21.9. The van der Waals surface area contributed by atoms with Crippen LogP contribution < -0.4 is 0 Å². The Morgan fingerprint density at radius 1 is 0.308 bits per heavy atom. The Bertz CT molecular complexity index is 2230. The second kappa shape index (κ2) is 8.24. The van der Waals surface area contributed by atoms with E-state index in [1.54, 1.807) is 0 Å². The molecular formula is C36H20S3. The molecule has 3 heteroatoms. The normalized spacial score (nSPS) is 12.1. The van der Waals surface area contributed by atoms with Crippen LogP contribution in [0.3, 0.4) is 0 Å². The van der Waals surface area contributed by atoms with E-state index in [9.17, 15) is 0 Å². The third kappa shape index (κ3) is 3.21. The second-order valence-electron chi connectivity index (χ2n) is 10.1. The van der Waals surface area contributed by atoms with Gasteiger partial charge in [-0.15, -0.1) is 34.0 Å². The van der Waals surface area contributed by atoms with Crippen LogP contribution in [0.1, 0.15) is 0 Å². The fourth-order valence-corrected chi connectivity index (χ4v) is 9.60. The first-order valence-electron chi connectivity index (χ1n) is 13.1. The molecule has 3 aromatic heterocycles. The predicted octanol–water partition coefficient (Wildman–Crippen LogP) is 12.1. The molecule has 0 radical (unpaired) electrons. The topological polar surface area (TPSA) is 0 Å². The molecule has 0 bridgehead atoms. The van der Waals surface area contributed by atoms with E-state index in [-0.39, 0.29) is 0 Å². The van der Waals surface area contributed by atoms with E-state index in [1.807, 2.05) is 34.0 Å². The zero-order valence-electron chi connectivity index (χ0n) is 20.8. The highest BCUT2D eigenvalue weighted by atomic mass is 32.1. The fraction of sp³-hybridized carbons (Fsp3) is 0. The largest absolute Gasteiger partial charge is 0.135 e. The maximum atomic E-state index is 2.41. The highest BCUT2D eigenvalue weighted by molar-refractivity contribution is 7.27. The lowest BCUT2D eigenvalue weighted by molar-refractivity contribution is 1.73. The van der Waals surface area contributed by atoms with Crippen LogP contribution in [-0.4, -0.2) is 0 Å². The summed E-state index contributed by atoms with van der Waals surface area (Å²) in [6.45, 7) is 0. The fourth-order valence-electron chi connectivity index (χ4n) is 6.06. The van der Waals surface area contributed by atoms with E-state index < -0.39 is 0 Å². The standard InChI is InChI=1S/C36H20S3/c1-3-13-31-25(7-1)27-11-5-9-23(35(27)38-31)21-15-17-33-29(19-21)30-20-22(16-18-34(30)37-33)24-10-6-12-28-26-8-2-4-14-32(26)39-36(24)28/h1-20H. The number of rotatable bonds is 2. The Kier molecular flexibility index (Phi) is 4.62. The van der Waals surface area contributed by atoms with Crippen molar-refractivity contribution in [1.82, 2.24) is 0 Å². The molecule has 0 amide bonds. The zero-order valence-corrected chi connectivity index (χ0v) is 23.2. The molecule has 0 aliphatic heterocycles. The quantitative estimate of drug-likeness (QED) is 0.201. The van der Waals surface area contributed by atoms with Gasteiger partial charge >= 0.3 is 0 Å². The number of fused-ring (bicyclic) bond motifs is 9. The molecule has 39 heavy (non-hydrogen) atoms. The van der Waals surface area contributed by atoms with Crippen molar-refractivity contribution in [3.63, 3.8) is 0 Å². The maximum Gasteiger partial charge on any atom is 0.0433 e. The van der Waals surface area contributed by atoms with Gasteiger partial charge in [-0.2, -0.15) is 0 Å². The van der Waals surface area contributed by atoms with E-state index in [0.29, 0.717) is 0 Å². The van der Waals surface area contributed by atoms with Gasteiger partial charge < -0.3 is 0 Å². The van der Waals surface area contributed by atoms with Gasteiger partial charge in [-0.05, 0) is 58.7 Å². The lowest BCUT2D eigenvalue weighted by Gasteiger charge is -2.06. The van der Waals surface area contributed by atoms with Crippen molar-refractivity contribution in [1.29, 1.82) is 0 Å². The summed E-state index contributed by atoms with van der Waals surface area (Å²) in [5.74, 6) is 0. The Hall–Kier alpha value is -4.02. The molecule has 0 saturated carbocycles. The number of thiophene rings is 3. The van der Waals surface area contributed by atoms with Crippen molar-refractivity contribution >= 4 is 94.5 Å². The van der Waals surface area contributed by atoms with Gasteiger partial charge in [-0.25, -0.2) is 0 Å². The first-order valence-corrected chi connectivity index (χ1v) is 15.5. The molecule has 3 heterocycles. The molecule has 9 rings (SSSR count). The van der Waals surface area contributed by atoms with E-state index in [0.717, 1.165) is 0 Å². The van der Waals surface area contributed by atoms with Crippen molar-refractivity contribution in [2.45, 2.75) is 0 Å². The summed E-state index contributed by atoms with van der Waals surface area (Å²) >= 11 is 5.69. The SMILES string of the molecule is c1ccc2c(c1)sc1c(-c3ccc4sc5ccc(-c6cccc7c6sc6ccccc67)cc5c4c3)cccc12. The maximum absolute atomic E-state index is 2.41. The van der Waals surface area contributed by atoms with Crippen molar-refractivity contribution in [3.8, 4) is 22.3 Å². The second-order valence-corrected chi connectivity index (χ2v) is 13.3. The monoisotopic (exact) mass is 548 g/mol. The van der Waals surface area contributed by atoms with Crippen LogP contribution in [0.2, 0.25) is 0 Å². The number of hydrogen-bond acceptors (Lipinski definition) is 3. The summed E-state index contributed by atoms with van der Waals surface area (Å²) in [7, 11) is 0. The molecule has 0 nitrogen and oxygen atoms in total. The van der Waals surface area contributed by atoms with Gasteiger partial charge in [0, 0.05) is 60.5 Å². The lowest BCUT2D eigenvalue weighted by Crippen LogP contribution is -1.80. The molecule has 0 saturated heterocycles. The van der Waals surface area contributed by atoms with Crippen LogP contribution in [0, 0.1) is 0 Å². The molecule has 0 fully saturated rings. The molecular weight excluding hydrogens is 529 g/mol. The highest BCUT2D eigenvalue weighted by Gasteiger charge is 2.14. The summed E-state index contributed by atoms with van der Waals surface area (Å²) in [6, 6.07) is 45.1. The third-order valence-electron chi connectivity index (χ3n) is 7.90. The molecule has 182 valence electrons. The molecule has 0 aliphatic rings. The molecule has 0 unspecified atom stereocenters. The average Bonchev–Trinajstić information content (AvgIpc) is 3.67. The van der Waals surface area contributed by atoms with Crippen LogP contribution in [0.15, 0.2) is 121 Å². The van der Waals surface area contributed by atoms with Crippen LogP contribution in [-0.2, 0) is 0 Å². The minimum Gasteiger partial charge on any atom is -0.135 e. The van der Waals surface area contributed by atoms with E-state index >= 15 is 0 Å². The summed E-state index contributed by atoms with van der Waals surface area (Å²) in [4.78, 5) is 0. The summed E-state index contributed by atoms with van der Waals surface area (Å²) in [5, 5.41) is 8.08. The van der Waals surface area contributed by atoms with Gasteiger partial charge in [0.2, 0.25) is 0 Å². The summed E-state index contributed by atoms with van der Waals surface area (Å²) in [6.07, 6.45) is 0. The molecule has 0 aliphatic carbocycles. The Labute approximate surface area is 237 Å². The first-order chi connectivity index (χ1) is 19.3. The molecule has 9 aromatic rings. The van der Waals surface area contributed by atoms with E-state index in [2.05, 4.69) is 121 Å². The molecule has 6 aromatic carbocycles. The van der Waals surface area contributed by atoms with Crippen molar-refractivity contribution in [2.75, 3.05) is 0 Å². The van der Waals surface area contributed by atoms with Crippen LogP contribution in [0.4, 0.5) is 0 Å². The Balaban J connectivity index is 1.26. The Morgan fingerprint density at radius 3 is 1.26 bits per heavy atom. The van der Waals surface area contributed by atoms with Gasteiger partial charge in [-0.1, -0.05) is 84.9 Å². The average molecular weight is 549 g/mol. The molecule has 0 spiro atoms. The molecule has 0 atom stereocenters. The van der Waals surface area contributed by atoms with E-state index in [4.69, 9.17) is 0 Å². The third-order valence-corrected chi connectivity index (χ3v) is 11.5. The van der Waals surface area contributed by atoms with Gasteiger partial charge in [-0.3, -0.25) is 0 Å². The van der Waals surface area contributed by atoms with Crippen molar-refractivity contribution in [3.05, 3.63) is 121 Å². The number of benzene rings is 6. The van der Waals surface area contributed by atoms with Gasteiger partial charge in [0.15, 0.2) is 0 Å². The smallest absolute Gasteiger partial charge is 0.0433 e. The predicted molar refractivity (Wildman–Crippen MR) is 176 cm³/mol. The van der Waals surface area contributed by atoms with Crippen molar-refractivity contribution < 1.29 is 0 Å². The van der Waals surface area contributed by atoms with Crippen LogP contribution >= 0.6 is 34.0 Å². The van der Waals surface area contributed by atoms with Gasteiger partial charge in [0.05, 0.1) is 0 Å².